The number of halogens is 2. The van der Waals surface area contributed by atoms with E-state index >= 15 is 4.39 Å². The number of methoxy groups -OCH3 is 1. The smallest absolute Gasteiger partial charge is 0.137 e. The zero-order valence-corrected chi connectivity index (χ0v) is 26.8. The number of hydrogen-bond donors (Lipinski definition) is 1. The van der Waals surface area contributed by atoms with Crippen LogP contribution in [0.15, 0.2) is 41.9 Å². The summed E-state index contributed by atoms with van der Waals surface area (Å²) in [5.41, 5.74) is 6.73. The molecule has 6 heterocycles. The summed E-state index contributed by atoms with van der Waals surface area (Å²) in [6.45, 7) is 8.41. The van der Waals surface area contributed by atoms with Crippen LogP contribution in [-0.4, -0.2) is 64.6 Å². The Labute approximate surface area is 265 Å². The zero-order chi connectivity index (χ0) is 31.4. The molecule has 2 aliphatic rings. The lowest BCUT2D eigenvalue weighted by Crippen LogP contribution is -2.35. The third-order valence-electron chi connectivity index (χ3n) is 9.00. The van der Waals surface area contributed by atoms with Crippen molar-refractivity contribution in [1.29, 1.82) is 0 Å². The van der Waals surface area contributed by atoms with Gasteiger partial charge >= 0.3 is 0 Å². The second kappa shape index (κ2) is 11.9. The van der Waals surface area contributed by atoms with E-state index in [-0.39, 0.29) is 36.6 Å². The van der Waals surface area contributed by atoms with Gasteiger partial charge in [-0.05, 0) is 57.0 Å². The number of thiophene rings is 1. The molecule has 3 unspecified atom stereocenters. The molecule has 1 N–H and O–H groups in total. The molecule has 0 saturated carbocycles. The molecule has 0 aliphatic carbocycles. The fourth-order valence-electron chi connectivity index (χ4n) is 6.39. The number of nitrogens with zero attached hydrogens (tertiary/aromatic N) is 5. The zero-order valence-electron chi connectivity index (χ0n) is 26.0. The maximum absolute atomic E-state index is 16.0. The lowest BCUT2D eigenvalue weighted by molar-refractivity contribution is 0.146. The molecule has 0 saturated heterocycles. The second-order valence-corrected chi connectivity index (χ2v) is 13.0. The Morgan fingerprint density at radius 3 is 2.69 bits per heavy atom. The highest BCUT2D eigenvalue weighted by Gasteiger charge is 2.30. The molecular weight excluding hydrogens is 594 g/mol. The lowest BCUT2D eigenvalue weighted by Gasteiger charge is -2.31. The summed E-state index contributed by atoms with van der Waals surface area (Å²) in [6.07, 6.45) is 2.78. The highest BCUT2D eigenvalue weighted by atomic mass is 32.1. The van der Waals surface area contributed by atoms with Crippen LogP contribution in [0.2, 0.25) is 0 Å². The molecule has 0 spiro atoms. The van der Waals surface area contributed by atoms with E-state index < -0.39 is 11.6 Å². The monoisotopic (exact) mass is 630 g/mol. The minimum absolute atomic E-state index is 0.0792. The van der Waals surface area contributed by atoms with E-state index in [0.29, 0.717) is 23.0 Å². The number of aromatic nitrogens is 4. The van der Waals surface area contributed by atoms with Crippen LogP contribution in [0.5, 0.6) is 5.75 Å². The first-order valence-corrected chi connectivity index (χ1v) is 16.1. The average Bonchev–Trinajstić information content (AvgIpc) is 3.68. The molecule has 4 aromatic heterocycles. The molecule has 1 aromatic carbocycles. The molecule has 0 bridgehead atoms. The largest absolute Gasteiger partial charge is 0.490 e. The van der Waals surface area contributed by atoms with Gasteiger partial charge in [0.2, 0.25) is 0 Å². The van der Waals surface area contributed by atoms with Crippen molar-refractivity contribution >= 4 is 21.4 Å². The van der Waals surface area contributed by atoms with Crippen LogP contribution in [0.4, 0.5) is 8.78 Å². The summed E-state index contributed by atoms with van der Waals surface area (Å²) in [5, 5.41) is 11.4. The Kier molecular flexibility index (Phi) is 7.89. The molecule has 0 amide bonds. The Morgan fingerprint density at radius 1 is 1.04 bits per heavy atom. The first-order valence-electron chi connectivity index (χ1n) is 15.3. The van der Waals surface area contributed by atoms with E-state index in [2.05, 4.69) is 44.1 Å². The molecule has 2 aliphatic heterocycles. The van der Waals surface area contributed by atoms with E-state index in [1.807, 2.05) is 28.4 Å². The van der Waals surface area contributed by atoms with Gasteiger partial charge in [-0.25, -0.2) is 13.8 Å². The quantitative estimate of drug-likeness (QED) is 0.198. The minimum atomic E-state index is -0.729. The fraction of sp³-hybridized carbons (Fsp3) is 0.382. The van der Waals surface area contributed by atoms with Crippen LogP contribution in [0.3, 0.4) is 0 Å². The first-order chi connectivity index (χ1) is 21.7. The molecule has 8 nitrogen and oxygen atoms in total. The summed E-state index contributed by atoms with van der Waals surface area (Å²) >= 11 is 1.49. The van der Waals surface area contributed by atoms with Gasteiger partial charge in [-0.15, -0.1) is 11.3 Å². The lowest BCUT2D eigenvalue weighted by atomic mass is 9.95. The standard InChI is InChI=1S/C34H36F2N6O2S/c1-18-10-26-22(17-41(18)4)11-21(16-38-26)32-24-6-9-45-34(24)31(30-25(36)12-23(35)13-29(30)44-8-7-43-5)33(39-32)27-14-28-20(3)37-15-19(2)42(28)40-27/h6,9,11-14,16,18-20,37H,7-8,10,15,17H2,1-5H3. The third kappa shape index (κ3) is 5.31. The van der Waals surface area contributed by atoms with E-state index in [4.69, 9.17) is 24.5 Å². The van der Waals surface area contributed by atoms with Crippen molar-refractivity contribution < 1.29 is 18.3 Å². The van der Waals surface area contributed by atoms with Crippen molar-refractivity contribution in [3.8, 4) is 39.5 Å². The van der Waals surface area contributed by atoms with E-state index in [9.17, 15) is 4.39 Å². The Hall–Kier alpha value is -3.77. The number of fused-ring (bicyclic) bond motifs is 3. The number of pyridine rings is 2. The van der Waals surface area contributed by atoms with Crippen LogP contribution < -0.4 is 10.1 Å². The van der Waals surface area contributed by atoms with Crippen LogP contribution in [0.25, 0.3) is 43.9 Å². The summed E-state index contributed by atoms with van der Waals surface area (Å²) in [6, 6.07) is 8.94. The minimum Gasteiger partial charge on any atom is -0.490 e. The average molecular weight is 631 g/mol. The predicted octanol–water partition coefficient (Wildman–Crippen LogP) is 6.79. The Balaban J connectivity index is 1.50. The number of hydrogen-bond acceptors (Lipinski definition) is 8. The van der Waals surface area contributed by atoms with Gasteiger partial charge in [0.15, 0.2) is 0 Å². The van der Waals surface area contributed by atoms with Crippen LogP contribution in [-0.2, 0) is 17.7 Å². The van der Waals surface area contributed by atoms with Gasteiger partial charge in [0.05, 0.1) is 29.6 Å². The van der Waals surface area contributed by atoms with E-state index in [0.717, 1.165) is 58.3 Å². The maximum Gasteiger partial charge on any atom is 0.137 e. The van der Waals surface area contributed by atoms with Gasteiger partial charge in [0, 0.05) is 83.9 Å². The summed E-state index contributed by atoms with van der Waals surface area (Å²) in [5.74, 6) is -1.36. The van der Waals surface area contributed by atoms with Crippen LogP contribution >= 0.6 is 11.3 Å². The number of benzene rings is 1. The van der Waals surface area contributed by atoms with Crippen molar-refractivity contribution in [2.45, 2.75) is 51.9 Å². The molecule has 7 rings (SSSR count). The Morgan fingerprint density at radius 2 is 1.89 bits per heavy atom. The summed E-state index contributed by atoms with van der Waals surface area (Å²) in [7, 11) is 3.68. The van der Waals surface area contributed by atoms with Gasteiger partial charge in [-0.2, -0.15) is 5.10 Å². The molecule has 234 valence electrons. The highest BCUT2D eigenvalue weighted by molar-refractivity contribution is 7.18. The normalized spacial score (nSPS) is 19.9. The molecule has 3 atom stereocenters. The van der Waals surface area contributed by atoms with Crippen molar-refractivity contribution in [3.63, 3.8) is 0 Å². The third-order valence-corrected chi connectivity index (χ3v) is 9.94. The SMILES string of the molecule is COCCOc1cc(F)cc(F)c1-c1c(-c2cc3n(n2)C(C)CNC3C)nc(-c2cnc3c(c2)CN(C)C(C)C3)c2ccsc12. The topological polar surface area (TPSA) is 77.3 Å². The van der Waals surface area contributed by atoms with Gasteiger partial charge in [0.1, 0.15) is 35.4 Å². The number of nitrogens with one attached hydrogen (secondary N) is 1. The molecule has 0 radical (unpaired) electrons. The Bertz CT molecular complexity index is 1880. The highest BCUT2D eigenvalue weighted by Crippen LogP contribution is 2.47. The summed E-state index contributed by atoms with van der Waals surface area (Å²) in [4.78, 5) is 12.5. The van der Waals surface area contributed by atoms with E-state index in [1.54, 1.807) is 7.11 Å². The fourth-order valence-corrected chi connectivity index (χ4v) is 7.34. The van der Waals surface area contributed by atoms with Gasteiger partial charge < -0.3 is 14.8 Å². The number of rotatable bonds is 7. The second-order valence-electron chi connectivity index (χ2n) is 12.1. The molecule has 11 heteroatoms. The van der Waals surface area contributed by atoms with Crippen molar-refractivity contribution in [2.24, 2.45) is 0 Å². The van der Waals surface area contributed by atoms with Crippen LogP contribution in [0.1, 0.15) is 49.8 Å². The maximum atomic E-state index is 16.0. The molecule has 0 fully saturated rings. The summed E-state index contributed by atoms with van der Waals surface area (Å²) < 4.78 is 44.6. The first kappa shape index (κ1) is 29.9. The molecular formula is C34H36F2N6O2S. The van der Waals surface area contributed by atoms with Gasteiger partial charge in [-0.3, -0.25) is 14.6 Å². The van der Waals surface area contributed by atoms with Crippen molar-refractivity contribution in [1.82, 2.24) is 30.0 Å². The number of likely N-dealkylation sites (N-methyl/N-ethyl adjacent to an activating group) is 1. The number of ether oxygens (including phenoxy) is 2. The van der Waals surface area contributed by atoms with Crippen LogP contribution in [0, 0.1) is 11.6 Å². The van der Waals surface area contributed by atoms with Gasteiger partial charge in [0.25, 0.3) is 0 Å². The predicted molar refractivity (Wildman–Crippen MR) is 173 cm³/mol. The molecule has 45 heavy (non-hydrogen) atoms. The van der Waals surface area contributed by atoms with Crippen molar-refractivity contribution in [2.75, 3.05) is 33.9 Å². The van der Waals surface area contributed by atoms with E-state index in [1.165, 1.54) is 23.0 Å². The molecule has 5 aromatic rings. The van der Waals surface area contributed by atoms with Crippen molar-refractivity contribution in [3.05, 3.63) is 70.5 Å². The van der Waals surface area contributed by atoms with Gasteiger partial charge in [-0.1, -0.05) is 0 Å².